The van der Waals surface area contributed by atoms with Gasteiger partial charge in [0.25, 0.3) is 0 Å². The number of esters is 1. The number of carbonyl (C=O) groups is 2. The molecule has 25 heavy (non-hydrogen) atoms. The molecule has 3 nitrogen and oxygen atoms in total. The Labute approximate surface area is 152 Å². The van der Waals surface area contributed by atoms with Crippen molar-refractivity contribution in [1.29, 1.82) is 0 Å². The summed E-state index contributed by atoms with van der Waals surface area (Å²) in [6.45, 7) is 14.4. The molecule has 0 aromatic heterocycles. The van der Waals surface area contributed by atoms with Gasteiger partial charge in [0, 0.05) is 11.3 Å². The second kappa shape index (κ2) is 8.33. The molecular weight excluding hydrogens is 312 g/mol. The maximum atomic E-state index is 13.4. The van der Waals surface area contributed by atoms with E-state index in [0.717, 1.165) is 50.5 Å². The molecule has 0 aromatic carbocycles. The molecule has 2 aliphatic rings. The second-order valence-corrected chi connectivity index (χ2v) is 8.52. The number of cyclic esters (lactones) is 1. The van der Waals surface area contributed by atoms with Crippen molar-refractivity contribution in [3.63, 3.8) is 0 Å². The van der Waals surface area contributed by atoms with Gasteiger partial charge < -0.3 is 4.74 Å². The molecule has 1 saturated heterocycles. The maximum absolute atomic E-state index is 13.4. The number of hydrogen-bond donors (Lipinski definition) is 0. The van der Waals surface area contributed by atoms with Gasteiger partial charge in [-0.25, -0.2) is 0 Å². The van der Waals surface area contributed by atoms with Crippen LogP contribution in [0.1, 0.15) is 65.7 Å². The predicted octanol–water partition coefficient (Wildman–Crippen LogP) is 5.11. The first kappa shape index (κ1) is 19.9. The Bertz CT molecular complexity index is 529. The molecule has 0 bridgehead atoms. The summed E-state index contributed by atoms with van der Waals surface area (Å²) in [6.07, 6.45) is 8.54. The SMILES string of the molecule is C=CCC[C@]12CCC[C@H]1C(C(=O)C(CCC(=C)C)C(C)C)C(=O)OC2. The Morgan fingerprint density at radius 2 is 2.16 bits per heavy atom. The van der Waals surface area contributed by atoms with E-state index >= 15 is 0 Å². The van der Waals surface area contributed by atoms with Crippen LogP contribution < -0.4 is 0 Å². The fourth-order valence-electron chi connectivity index (χ4n) is 4.86. The molecule has 4 atom stereocenters. The van der Waals surface area contributed by atoms with Crippen molar-refractivity contribution in [3.8, 4) is 0 Å². The number of Topliss-reactive ketones (excluding diaryl/α,β-unsaturated/α-hetero) is 1. The van der Waals surface area contributed by atoms with E-state index in [1.165, 1.54) is 0 Å². The van der Waals surface area contributed by atoms with Gasteiger partial charge in [-0.05, 0) is 57.3 Å². The molecule has 0 aromatic rings. The molecule has 1 saturated carbocycles. The van der Waals surface area contributed by atoms with Crippen molar-refractivity contribution < 1.29 is 14.3 Å². The van der Waals surface area contributed by atoms with Gasteiger partial charge >= 0.3 is 5.97 Å². The van der Waals surface area contributed by atoms with Gasteiger partial charge in [-0.3, -0.25) is 9.59 Å². The van der Waals surface area contributed by atoms with Crippen molar-refractivity contribution in [1.82, 2.24) is 0 Å². The molecule has 0 N–H and O–H groups in total. The van der Waals surface area contributed by atoms with Gasteiger partial charge in [0.15, 0.2) is 5.78 Å². The highest BCUT2D eigenvalue weighted by atomic mass is 16.5. The van der Waals surface area contributed by atoms with Crippen LogP contribution in [0.2, 0.25) is 0 Å². The zero-order valence-electron chi connectivity index (χ0n) is 16.2. The van der Waals surface area contributed by atoms with E-state index in [1.807, 2.05) is 13.0 Å². The molecule has 0 radical (unpaired) electrons. The zero-order valence-corrected chi connectivity index (χ0v) is 16.2. The minimum absolute atomic E-state index is 0.0156. The van der Waals surface area contributed by atoms with Crippen LogP contribution in [0, 0.1) is 29.1 Å². The van der Waals surface area contributed by atoms with Crippen molar-refractivity contribution in [2.24, 2.45) is 29.1 Å². The van der Waals surface area contributed by atoms with Crippen molar-refractivity contribution in [2.45, 2.75) is 65.7 Å². The number of allylic oxidation sites excluding steroid dienone is 2. The lowest BCUT2D eigenvalue weighted by molar-refractivity contribution is -0.173. The van der Waals surface area contributed by atoms with Gasteiger partial charge in [-0.1, -0.05) is 31.9 Å². The highest BCUT2D eigenvalue weighted by molar-refractivity contribution is 6.01. The largest absolute Gasteiger partial charge is 0.465 e. The van der Waals surface area contributed by atoms with Gasteiger partial charge in [0.1, 0.15) is 5.92 Å². The summed E-state index contributed by atoms with van der Waals surface area (Å²) < 4.78 is 5.57. The summed E-state index contributed by atoms with van der Waals surface area (Å²) in [5.74, 6) is -0.468. The van der Waals surface area contributed by atoms with Gasteiger partial charge in [-0.15, -0.1) is 13.2 Å². The summed E-state index contributed by atoms with van der Waals surface area (Å²) in [6, 6.07) is 0. The Hall–Kier alpha value is -1.38. The lowest BCUT2D eigenvalue weighted by Crippen LogP contribution is -2.50. The number of carbonyl (C=O) groups excluding carboxylic acids is 2. The summed E-state index contributed by atoms with van der Waals surface area (Å²) in [5, 5.41) is 0. The maximum Gasteiger partial charge on any atom is 0.316 e. The van der Waals surface area contributed by atoms with Crippen LogP contribution in [0.4, 0.5) is 0 Å². The van der Waals surface area contributed by atoms with Crippen molar-refractivity contribution in [3.05, 3.63) is 24.8 Å². The molecular formula is C22H34O3. The monoisotopic (exact) mass is 346 g/mol. The summed E-state index contributed by atoms with van der Waals surface area (Å²) in [7, 11) is 0. The summed E-state index contributed by atoms with van der Waals surface area (Å²) in [4.78, 5) is 25.9. The first-order valence-corrected chi connectivity index (χ1v) is 9.78. The average Bonchev–Trinajstić information content (AvgIpc) is 2.96. The highest BCUT2D eigenvalue weighted by Gasteiger charge is 2.55. The third-order valence-electron chi connectivity index (χ3n) is 6.34. The van der Waals surface area contributed by atoms with Gasteiger partial charge in [-0.2, -0.15) is 0 Å². The zero-order chi connectivity index (χ0) is 18.6. The molecule has 1 aliphatic carbocycles. The summed E-state index contributed by atoms with van der Waals surface area (Å²) >= 11 is 0. The van der Waals surface area contributed by atoms with E-state index in [0.29, 0.717) is 6.61 Å². The molecule has 2 rings (SSSR count). The standard InChI is InChI=1S/C22H34O3/c1-6-7-12-22-13-8-9-18(22)19(21(24)25-14-22)20(23)17(16(4)5)11-10-15(2)3/h6,16-19H,1-2,7-14H2,3-5H3/t17?,18-,19?,22+/m0/s1. The van der Waals surface area contributed by atoms with E-state index in [2.05, 4.69) is 27.0 Å². The first-order chi connectivity index (χ1) is 11.8. The van der Waals surface area contributed by atoms with E-state index in [9.17, 15) is 9.59 Å². The molecule has 2 unspecified atom stereocenters. The smallest absolute Gasteiger partial charge is 0.316 e. The minimum Gasteiger partial charge on any atom is -0.465 e. The molecule has 2 fully saturated rings. The highest BCUT2D eigenvalue weighted by Crippen LogP contribution is 2.54. The summed E-state index contributed by atoms with van der Waals surface area (Å²) in [5.41, 5.74) is 1.07. The normalized spacial score (nSPS) is 29.8. The van der Waals surface area contributed by atoms with Crippen LogP contribution in [0.3, 0.4) is 0 Å². The predicted molar refractivity (Wildman–Crippen MR) is 101 cm³/mol. The lowest BCUT2D eigenvalue weighted by Gasteiger charge is -2.43. The van der Waals surface area contributed by atoms with Gasteiger partial charge in [0.2, 0.25) is 0 Å². The van der Waals surface area contributed by atoms with Crippen LogP contribution in [-0.2, 0) is 14.3 Å². The van der Waals surface area contributed by atoms with Crippen LogP contribution in [0.25, 0.3) is 0 Å². The second-order valence-electron chi connectivity index (χ2n) is 8.52. The third kappa shape index (κ3) is 4.24. The Balaban J connectivity index is 2.24. The van der Waals surface area contributed by atoms with Crippen LogP contribution in [-0.4, -0.2) is 18.4 Å². The molecule has 140 valence electrons. The number of hydrogen-bond acceptors (Lipinski definition) is 3. The molecule has 0 spiro atoms. The number of rotatable bonds is 9. The van der Waals surface area contributed by atoms with E-state index < -0.39 is 5.92 Å². The van der Waals surface area contributed by atoms with Crippen molar-refractivity contribution in [2.75, 3.05) is 6.61 Å². The molecule has 1 aliphatic heterocycles. The van der Waals surface area contributed by atoms with Crippen molar-refractivity contribution >= 4 is 11.8 Å². The van der Waals surface area contributed by atoms with Crippen LogP contribution in [0.5, 0.6) is 0 Å². The fourth-order valence-corrected chi connectivity index (χ4v) is 4.86. The topological polar surface area (TPSA) is 43.4 Å². The Morgan fingerprint density at radius 1 is 1.44 bits per heavy atom. The fraction of sp³-hybridized carbons (Fsp3) is 0.727. The van der Waals surface area contributed by atoms with Gasteiger partial charge in [0.05, 0.1) is 6.61 Å². The third-order valence-corrected chi connectivity index (χ3v) is 6.34. The number of ether oxygens (including phenoxy) is 1. The van der Waals surface area contributed by atoms with Crippen LogP contribution >= 0.6 is 0 Å². The quantitative estimate of drug-likeness (QED) is 0.331. The number of fused-ring (bicyclic) bond motifs is 1. The Morgan fingerprint density at radius 3 is 2.76 bits per heavy atom. The lowest BCUT2D eigenvalue weighted by atomic mass is 9.64. The number of ketones is 1. The first-order valence-electron chi connectivity index (χ1n) is 9.78. The Kier molecular flexibility index (Phi) is 6.65. The molecule has 0 amide bonds. The molecule has 3 heteroatoms. The van der Waals surface area contributed by atoms with E-state index in [1.54, 1.807) is 0 Å². The molecule has 1 heterocycles. The van der Waals surface area contributed by atoms with Crippen LogP contribution in [0.15, 0.2) is 24.8 Å². The van der Waals surface area contributed by atoms with E-state index in [-0.39, 0.29) is 34.9 Å². The average molecular weight is 347 g/mol. The minimum atomic E-state index is -0.571. The van der Waals surface area contributed by atoms with E-state index in [4.69, 9.17) is 4.74 Å².